The molecule has 17 heavy (non-hydrogen) atoms. The zero-order chi connectivity index (χ0) is 11.8. The summed E-state index contributed by atoms with van der Waals surface area (Å²) in [5.41, 5.74) is 2.30. The Morgan fingerprint density at radius 1 is 1.35 bits per heavy atom. The molecule has 1 unspecified atom stereocenters. The predicted octanol–water partition coefficient (Wildman–Crippen LogP) is 3.73. The minimum absolute atomic E-state index is 0.123. The summed E-state index contributed by atoms with van der Waals surface area (Å²) < 4.78 is 0.894. The molecule has 3 rings (SSSR count). The third-order valence-electron chi connectivity index (χ3n) is 2.93. The monoisotopic (exact) mass is 307 g/mol. The van der Waals surface area contributed by atoms with Gasteiger partial charge in [0, 0.05) is 16.6 Å². The lowest BCUT2D eigenvalue weighted by molar-refractivity contribution is 0.0975. The quantitative estimate of drug-likeness (QED) is 0.857. The Bertz CT molecular complexity index is 553. The average molecular weight is 308 g/mol. The highest BCUT2D eigenvalue weighted by molar-refractivity contribution is 9.10. The van der Waals surface area contributed by atoms with Crippen LogP contribution in [0.15, 0.2) is 40.2 Å². The van der Waals surface area contributed by atoms with Crippen molar-refractivity contribution in [3.63, 3.8) is 0 Å². The molecular weight excluding hydrogens is 298 g/mol. The normalized spacial score (nSPS) is 17.6. The highest BCUT2D eigenvalue weighted by atomic mass is 79.9. The number of thiophene rings is 1. The fraction of sp³-hybridized carbons (Fsp3) is 0.154. The van der Waals surface area contributed by atoms with Crippen LogP contribution in [0.4, 0.5) is 5.69 Å². The molecule has 0 saturated heterocycles. The molecule has 1 atom stereocenters. The standard InChI is InChI=1S/C13H10BrNOS/c14-9-5-6-17-13(9)12(16)11-7-8-3-1-2-4-10(8)15-11/h1-6,11,15H,7H2. The van der Waals surface area contributed by atoms with Crippen molar-refractivity contribution in [2.45, 2.75) is 12.5 Å². The number of fused-ring (bicyclic) bond motifs is 1. The van der Waals surface area contributed by atoms with E-state index < -0.39 is 0 Å². The molecule has 4 heteroatoms. The number of ketones is 1. The Labute approximate surface area is 112 Å². The number of hydrogen-bond donors (Lipinski definition) is 1. The number of benzene rings is 1. The number of halogens is 1. The Balaban J connectivity index is 1.86. The van der Waals surface area contributed by atoms with Crippen LogP contribution in [0, 0.1) is 0 Å². The lowest BCUT2D eigenvalue weighted by Crippen LogP contribution is -2.26. The summed E-state index contributed by atoms with van der Waals surface area (Å²) in [6, 6.07) is 9.88. The number of rotatable bonds is 2. The molecule has 1 aliphatic rings. The van der Waals surface area contributed by atoms with E-state index in [9.17, 15) is 4.79 Å². The molecule has 0 bridgehead atoms. The van der Waals surface area contributed by atoms with Gasteiger partial charge < -0.3 is 5.32 Å². The summed E-state index contributed by atoms with van der Waals surface area (Å²) in [7, 11) is 0. The molecule has 1 aromatic heterocycles. The van der Waals surface area contributed by atoms with Gasteiger partial charge in [-0.1, -0.05) is 18.2 Å². The lowest BCUT2D eigenvalue weighted by Gasteiger charge is -2.08. The van der Waals surface area contributed by atoms with Crippen molar-refractivity contribution in [3.05, 3.63) is 50.6 Å². The van der Waals surface area contributed by atoms with Crippen LogP contribution in [0.25, 0.3) is 0 Å². The zero-order valence-corrected chi connectivity index (χ0v) is 11.3. The maximum atomic E-state index is 12.3. The molecule has 1 N–H and O–H groups in total. The summed E-state index contributed by atoms with van der Waals surface area (Å²) in [4.78, 5) is 13.1. The first kappa shape index (κ1) is 11.0. The summed E-state index contributed by atoms with van der Waals surface area (Å²) >= 11 is 4.90. The van der Waals surface area contributed by atoms with Crippen LogP contribution in [0.1, 0.15) is 15.2 Å². The number of hydrogen-bond acceptors (Lipinski definition) is 3. The summed E-state index contributed by atoms with van der Waals surface area (Å²) in [6.07, 6.45) is 0.777. The maximum absolute atomic E-state index is 12.3. The maximum Gasteiger partial charge on any atom is 0.196 e. The van der Waals surface area contributed by atoms with Gasteiger partial charge in [0.05, 0.1) is 10.9 Å². The topological polar surface area (TPSA) is 29.1 Å². The first-order chi connectivity index (χ1) is 8.25. The van der Waals surface area contributed by atoms with E-state index in [4.69, 9.17) is 0 Å². The third-order valence-corrected chi connectivity index (χ3v) is 4.78. The smallest absolute Gasteiger partial charge is 0.196 e. The van der Waals surface area contributed by atoms with Crippen LogP contribution >= 0.6 is 27.3 Å². The fourth-order valence-electron chi connectivity index (χ4n) is 2.08. The van der Waals surface area contributed by atoms with E-state index in [0.29, 0.717) is 0 Å². The first-order valence-corrected chi connectivity index (χ1v) is 7.04. The Morgan fingerprint density at radius 2 is 2.18 bits per heavy atom. The molecule has 0 aliphatic carbocycles. The van der Waals surface area contributed by atoms with Crippen LogP contribution in [0.5, 0.6) is 0 Å². The van der Waals surface area contributed by atoms with Gasteiger partial charge in [-0.25, -0.2) is 0 Å². The second-order valence-electron chi connectivity index (χ2n) is 4.02. The Kier molecular flexibility index (Phi) is 2.76. The van der Waals surface area contributed by atoms with Crippen molar-refractivity contribution in [2.24, 2.45) is 0 Å². The first-order valence-electron chi connectivity index (χ1n) is 5.37. The van der Waals surface area contributed by atoms with E-state index in [-0.39, 0.29) is 11.8 Å². The van der Waals surface area contributed by atoms with Crippen molar-refractivity contribution < 1.29 is 4.79 Å². The molecule has 0 fully saturated rings. The van der Waals surface area contributed by atoms with Gasteiger partial charge in [-0.05, 0) is 39.0 Å². The third kappa shape index (κ3) is 1.91. The lowest BCUT2D eigenvalue weighted by atomic mass is 10.1. The fourth-order valence-corrected chi connectivity index (χ4v) is 3.65. The number of carbonyl (C=O) groups is 1. The molecule has 2 nitrogen and oxygen atoms in total. The number of anilines is 1. The summed E-state index contributed by atoms with van der Waals surface area (Å²) in [5.74, 6) is 0.170. The minimum Gasteiger partial charge on any atom is -0.374 e. The van der Waals surface area contributed by atoms with E-state index >= 15 is 0 Å². The summed E-state index contributed by atoms with van der Waals surface area (Å²) in [5, 5.41) is 5.22. The molecule has 2 heterocycles. The van der Waals surface area contributed by atoms with Gasteiger partial charge in [-0.15, -0.1) is 11.3 Å². The zero-order valence-electron chi connectivity index (χ0n) is 8.94. The second-order valence-corrected chi connectivity index (χ2v) is 5.79. The second kappa shape index (κ2) is 4.27. The van der Waals surface area contributed by atoms with Gasteiger partial charge in [0.2, 0.25) is 0 Å². The molecular formula is C13H10BrNOS. The number of Topliss-reactive ketones (excluding diaryl/α,β-unsaturated/α-hetero) is 1. The van der Waals surface area contributed by atoms with E-state index in [2.05, 4.69) is 27.3 Å². The van der Waals surface area contributed by atoms with Gasteiger partial charge >= 0.3 is 0 Å². The van der Waals surface area contributed by atoms with Crippen LogP contribution in [0.3, 0.4) is 0 Å². The predicted molar refractivity (Wildman–Crippen MR) is 73.9 cm³/mol. The largest absolute Gasteiger partial charge is 0.374 e. The van der Waals surface area contributed by atoms with Crippen molar-refractivity contribution in [1.82, 2.24) is 0 Å². The molecule has 1 aliphatic heterocycles. The highest BCUT2D eigenvalue weighted by Crippen LogP contribution is 2.30. The van der Waals surface area contributed by atoms with E-state index in [1.54, 1.807) is 0 Å². The van der Waals surface area contributed by atoms with Gasteiger partial charge in [-0.3, -0.25) is 4.79 Å². The van der Waals surface area contributed by atoms with Gasteiger partial charge in [-0.2, -0.15) is 0 Å². The highest BCUT2D eigenvalue weighted by Gasteiger charge is 2.28. The van der Waals surface area contributed by atoms with Gasteiger partial charge in [0.15, 0.2) is 5.78 Å². The van der Waals surface area contributed by atoms with Crippen LogP contribution in [-0.4, -0.2) is 11.8 Å². The molecule has 2 aromatic rings. The number of para-hydroxylation sites is 1. The number of carbonyl (C=O) groups excluding carboxylic acids is 1. The SMILES string of the molecule is O=C(c1sccc1Br)C1Cc2ccccc2N1. The van der Waals surface area contributed by atoms with Crippen LogP contribution in [-0.2, 0) is 6.42 Å². The van der Waals surface area contributed by atoms with Crippen molar-refractivity contribution in [3.8, 4) is 0 Å². The molecule has 1 aromatic carbocycles. The molecule has 0 radical (unpaired) electrons. The summed E-state index contributed by atoms with van der Waals surface area (Å²) in [6.45, 7) is 0. The molecule has 0 saturated carbocycles. The average Bonchev–Trinajstić information content (AvgIpc) is 2.93. The van der Waals surface area contributed by atoms with Gasteiger partial charge in [0.1, 0.15) is 0 Å². The number of nitrogens with one attached hydrogen (secondary N) is 1. The van der Waals surface area contributed by atoms with Crippen LogP contribution < -0.4 is 5.32 Å². The van der Waals surface area contributed by atoms with Crippen molar-refractivity contribution in [2.75, 3.05) is 5.32 Å². The Morgan fingerprint density at radius 3 is 2.88 bits per heavy atom. The molecule has 86 valence electrons. The van der Waals surface area contributed by atoms with E-state index in [0.717, 1.165) is 21.5 Å². The van der Waals surface area contributed by atoms with Crippen molar-refractivity contribution in [1.29, 1.82) is 0 Å². The van der Waals surface area contributed by atoms with E-state index in [1.165, 1.54) is 16.9 Å². The molecule has 0 amide bonds. The van der Waals surface area contributed by atoms with Crippen molar-refractivity contribution >= 4 is 38.7 Å². The van der Waals surface area contributed by atoms with E-state index in [1.807, 2.05) is 29.6 Å². The van der Waals surface area contributed by atoms with Gasteiger partial charge in [0.25, 0.3) is 0 Å². The molecule has 0 spiro atoms. The van der Waals surface area contributed by atoms with Crippen LogP contribution in [0.2, 0.25) is 0 Å². The minimum atomic E-state index is -0.123. The Hall–Kier alpha value is -1.13.